The lowest BCUT2D eigenvalue weighted by molar-refractivity contribution is -0.113. The number of hydrogen-bond donors (Lipinski definition) is 3. The fourth-order valence-corrected chi connectivity index (χ4v) is 3.29. The molecule has 4 rings (SSSR count). The van der Waals surface area contributed by atoms with Crippen LogP contribution in [0.5, 0.6) is 11.5 Å². The third-order valence-electron chi connectivity index (χ3n) is 4.60. The molecule has 3 N–H and O–H groups in total. The van der Waals surface area contributed by atoms with Crippen LogP contribution in [0.2, 0.25) is 0 Å². The van der Waals surface area contributed by atoms with E-state index in [1.54, 1.807) is 48.2 Å². The molecule has 0 saturated heterocycles. The molecule has 0 aliphatic carbocycles. The summed E-state index contributed by atoms with van der Waals surface area (Å²) in [7, 11) is 1.55. The van der Waals surface area contributed by atoms with Crippen LogP contribution in [0.4, 0.5) is 11.6 Å². The van der Waals surface area contributed by atoms with E-state index in [1.807, 2.05) is 19.1 Å². The highest BCUT2D eigenvalue weighted by Gasteiger charge is 2.33. The van der Waals surface area contributed by atoms with Gasteiger partial charge in [0.1, 0.15) is 23.9 Å². The number of hydrogen-bond acceptors (Lipinski definition) is 6. The number of benzene rings is 2. The van der Waals surface area contributed by atoms with E-state index in [1.165, 1.54) is 6.33 Å². The van der Waals surface area contributed by atoms with E-state index < -0.39 is 6.04 Å². The van der Waals surface area contributed by atoms with Crippen LogP contribution in [0.25, 0.3) is 0 Å². The highest BCUT2D eigenvalue weighted by atomic mass is 16.5. The third-order valence-corrected chi connectivity index (χ3v) is 4.60. The van der Waals surface area contributed by atoms with E-state index in [2.05, 4.69) is 20.7 Å². The van der Waals surface area contributed by atoms with Gasteiger partial charge in [-0.25, -0.2) is 4.68 Å². The molecule has 0 radical (unpaired) electrons. The van der Waals surface area contributed by atoms with Crippen LogP contribution in [0.1, 0.15) is 18.5 Å². The van der Waals surface area contributed by atoms with Gasteiger partial charge in [0.15, 0.2) is 0 Å². The quantitative estimate of drug-likeness (QED) is 0.646. The number of para-hydroxylation sites is 2. The molecule has 3 aromatic rings. The second-order valence-corrected chi connectivity index (χ2v) is 6.34. The summed E-state index contributed by atoms with van der Waals surface area (Å²) in [5.74, 6) is 0.982. The maximum atomic E-state index is 13.3. The number of aromatic hydroxyl groups is 1. The number of aromatic nitrogens is 3. The van der Waals surface area contributed by atoms with Crippen molar-refractivity contribution in [2.45, 2.75) is 13.0 Å². The number of allylic oxidation sites excluding steroid dienone is 1. The van der Waals surface area contributed by atoms with Crippen molar-refractivity contribution in [3.8, 4) is 11.5 Å². The highest BCUT2D eigenvalue weighted by molar-refractivity contribution is 6.06. The SMILES string of the molecule is COc1ccccc1NC(=O)C1=C(C)Nc2ncnn2C1c1ccc(O)cc1. The first kappa shape index (κ1) is 17.6. The maximum Gasteiger partial charge on any atom is 0.255 e. The molecule has 2 aromatic carbocycles. The molecule has 1 unspecified atom stereocenters. The normalized spacial score (nSPS) is 15.6. The van der Waals surface area contributed by atoms with Crippen LogP contribution >= 0.6 is 0 Å². The molecule has 1 aliphatic heterocycles. The predicted molar refractivity (Wildman–Crippen MR) is 104 cm³/mol. The Balaban J connectivity index is 1.76. The van der Waals surface area contributed by atoms with Crippen molar-refractivity contribution in [2.24, 2.45) is 0 Å². The van der Waals surface area contributed by atoms with Crippen LogP contribution in [0, 0.1) is 0 Å². The van der Waals surface area contributed by atoms with Gasteiger partial charge in [-0.05, 0) is 36.8 Å². The summed E-state index contributed by atoms with van der Waals surface area (Å²) in [5, 5.41) is 20.0. The molecule has 0 bridgehead atoms. The Hall–Kier alpha value is -3.81. The van der Waals surface area contributed by atoms with Crippen molar-refractivity contribution < 1.29 is 14.6 Å². The highest BCUT2D eigenvalue weighted by Crippen LogP contribution is 2.36. The molecule has 8 nitrogen and oxygen atoms in total. The Kier molecular flexibility index (Phi) is 4.44. The number of carbonyl (C=O) groups excluding carboxylic acids is 1. The van der Waals surface area contributed by atoms with E-state index in [0.717, 1.165) is 5.56 Å². The van der Waals surface area contributed by atoms with E-state index in [-0.39, 0.29) is 11.7 Å². The van der Waals surface area contributed by atoms with Crippen molar-refractivity contribution in [1.82, 2.24) is 14.8 Å². The van der Waals surface area contributed by atoms with E-state index in [9.17, 15) is 9.90 Å². The summed E-state index contributed by atoms with van der Waals surface area (Å²) >= 11 is 0. The van der Waals surface area contributed by atoms with Crippen molar-refractivity contribution in [1.29, 1.82) is 0 Å². The Morgan fingerprint density at radius 1 is 1.21 bits per heavy atom. The second kappa shape index (κ2) is 7.07. The van der Waals surface area contributed by atoms with Gasteiger partial charge < -0.3 is 20.5 Å². The summed E-state index contributed by atoms with van der Waals surface area (Å²) in [6.45, 7) is 1.82. The zero-order chi connectivity index (χ0) is 19.7. The van der Waals surface area contributed by atoms with Gasteiger partial charge in [-0.1, -0.05) is 24.3 Å². The van der Waals surface area contributed by atoms with Crippen LogP contribution in [0.3, 0.4) is 0 Å². The smallest absolute Gasteiger partial charge is 0.255 e. The number of anilines is 2. The number of nitrogens with one attached hydrogen (secondary N) is 2. The number of carbonyl (C=O) groups is 1. The molecule has 0 saturated carbocycles. The minimum Gasteiger partial charge on any atom is -0.508 e. The van der Waals surface area contributed by atoms with Gasteiger partial charge in [0.25, 0.3) is 5.91 Å². The van der Waals surface area contributed by atoms with Gasteiger partial charge in [0.2, 0.25) is 5.95 Å². The largest absolute Gasteiger partial charge is 0.508 e. The Labute approximate surface area is 161 Å². The van der Waals surface area contributed by atoms with Gasteiger partial charge in [-0.15, -0.1) is 0 Å². The minimum atomic E-state index is -0.492. The fraction of sp³-hybridized carbons (Fsp3) is 0.150. The van der Waals surface area contributed by atoms with Gasteiger partial charge in [-0.3, -0.25) is 4.79 Å². The summed E-state index contributed by atoms with van der Waals surface area (Å²) < 4.78 is 6.98. The second-order valence-electron chi connectivity index (χ2n) is 6.34. The van der Waals surface area contributed by atoms with Crippen molar-refractivity contribution in [3.05, 3.63) is 71.7 Å². The summed E-state index contributed by atoms with van der Waals surface area (Å²) in [6.07, 6.45) is 1.43. The number of fused-ring (bicyclic) bond motifs is 1. The number of phenols is 1. The van der Waals surface area contributed by atoms with Crippen LogP contribution < -0.4 is 15.4 Å². The summed E-state index contributed by atoms with van der Waals surface area (Å²) in [4.78, 5) is 17.5. The van der Waals surface area contributed by atoms with E-state index >= 15 is 0 Å². The Morgan fingerprint density at radius 3 is 2.71 bits per heavy atom. The van der Waals surface area contributed by atoms with Crippen LogP contribution in [0.15, 0.2) is 66.1 Å². The fourth-order valence-electron chi connectivity index (χ4n) is 3.29. The van der Waals surface area contributed by atoms with E-state index in [4.69, 9.17) is 4.74 Å². The molecule has 2 heterocycles. The monoisotopic (exact) mass is 377 g/mol. The average molecular weight is 377 g/mol. The Bertz CT molecular complexity index is 1060. The zero-order valence-corrected chi connectivity index (χ0v) is 15.4. The maximum absolute atomic E-state index is 13.3. The van der Waals surface area contributed by atoms with Crippen molar-refractivity contribution >= 4 is 17.5 Å². The molecule has 8 heteroatoms. The van der Waals surface area contributed by atoms with Gasteiger partial charge in [0, 0.05) is 5.70 Å². The summed E-state index contributed by atoms with van der Waals surface area (Å²) in [6, 6.07) is 13.4. The van der Waals surface area contributed by atoms with E-state index in [0.29, 0.717) is 28.7 Å². The number of rotatable bonds is 4. The minimum absolute atomic E-state index is 0.150. The lowest BCUT2D eigenvalue weighted by Crippen LogP contribution is -2.31. The first-order chi connectivity index (χ1) is 13.6. The van der Waals surface area contributed by atoms with Crippen LogP contribution in [-0.2, 0) is 4.79 Å². The molecular weight excluding hydrogens is 358 g/mol. The molecule has 1 aliphatic rings. The average Bonchev–Trinajstić information content (AvgIpc) is 3.16. The van der Waals surface area contributed by atoms with Gasteiger partial charge in [-0.2, -0.15) is 10.1 Å². The number of amides is 1. The lowest BCUT2D eigenvalue weighted by Gasteiger charge is -2.28. The van der Waals surface area contributed by atoms with Gasteiger partial charge in [0.05, 0.1) is 18.4 Å². The predicted octanol–water partition coefficient (Wildman–Crippen LogP) is 2.92. The number of nitrogens with zero attached hydrogens (tertiary/aromatic N) is 3. The first-order valence-corrected chi connectivity index (χ1v) is 8.69. The standard InChI is InChI=1S/C20H19N5O3/c1-12-17(19(27)24-15-5-3-4-6-16(15)28-2)18(13-7-9-14(26)10-8-13)25-20(23-12)21-11-22-25/h3-11,18,26H,1-2H3,(H,24,27)(H,21,22,23). The number of methoxy groups -OCH3 is 1. The third kappa shape index (κ3) is 3.05. The first-order valence-electron chi connectivity index (χ1n) is 8.69. The molecule has 0 fully saturated rings. The Morgan fingerprint density at radius 2 is 1.96 bits per heavy atom. The van der Waals surface area contributed by atoms with Gasteiger partial charge >= 0.3 is 0 Å². The zero-order valence-electron chi connectivity index (χ0n) is 15.4. The van der Waals surface area contributed by atoms with Crippen molar-refractivity contribution in [2.75, 3.05) is 17.7 Å². The lowest BCUT2D eigenvalue weighted by atomic mass is 9.95. The molecule has 1 amide bonds. The molecule has 28 heavy (non-hydrogen) atoms. The van der Waals surface area contributed by atoms with Crippen LogP contribution in [-0.4, -0.2) is 32.9 Å². The molecule has 1 aromatic heterocycles. The topological polar surface area (TPSA) is 101 Å². The molecule has 142 valence electrons. The number of phenolic OH excluding ortho intramolecular Hbond substituents is 1. The summed E-state index contributed by atoms with van der Waals surface area (Å²) in [5.41, 5.74) is 2.54. The number of ether oxygens (including phenoxy) is 1. The molecular formula is C20H19N5O3. The van der Waals surface area contributed by atoms with Crippen molar-refractivity contribution in [3.63, 3.8) is 0 Å². The molecule has 1 atom stereocenters. The molecule has 0 spiro atoms.